The van der Waals surface area contributed by atoms with Crippen molar-refractivity contribution in [3.05, 3.63) is 148 Å². The summed E-state index contributed by atoms with van der Waals surface area (Å²) >= 11 is 0. The number of ketones is 1. The number of pyridine rings is 1. The first-order chi connectivity index (χ1) is 23.5. The fourth-order valence-electron chi connectivity index (χ4n) is 5.57. The fourth-order valence-corrected chi connectivity index (χ4v) is 5.57. The summed E-state index contributed by atoms with van der Waals surface area (Å²) in [5.74, 6) is -6.71. The van der Waals surface area contributed by atoms with Crippen molar-refractivity contribution < 1.29 is 32.3 Å². The molecule has 0 bridgehead atoms. The lowest BCUT2D eigenvalue weighted by atomic mass is 10.0. The Hall–Kier alpha value is -6.05. The molecule has 10 nitrogen and oxygen atoms in total. The quantitative estimate of drug-likeness (QED) is 0.107. The molecule has 6 rings (SSSR count). The Kier molecular flexibility index (Phi) is 9.38. The zero-order chi connectivity index (χ0) is 34.7. The average Bonchev–Trinajstić information content (AvgIpc) is 3.64. The fraction of sp³-hybridized carbons (Fsp3) is 0.171. The third-order valence-corrected chi connectivity index (χ3v) is 8.12. The van der Waals surface area contributed by atoms with Gasteiger partial charge in [-0.15, -0.1) is 0 Å². The van der Waals surface area contributed by atoms with E-state index in [0.717, 1.165) is 22.0 Å². The van der Waals surface area contributed by atoms with Crippen LogP contribution >= 0.6 is 0 Å². The summed E-state index contributed by atoms with van der Waals surface area (Å²) in [7, 11) is 0. The number of nitrogens with zero attached hydrogens (tertiary/aromatic N) is 6. The first-order valence-corrected chi connectivity index (χ1v) is 15.1. The maximum atomic E-state index is 14.5. The number of benzene rings is 3. The Morgan fingerprint density at radius 3 is 2.10 bits per heavy atom. The van der Waals surface area contributed by atoms with Crippen molar-refractivity contribution >= 4 is 23.1 Å². The van der Waals surface area contributed by atoms with Crippen LogP contribution < -0.4 is 10.5 Å². The number of hydrogen-bond donors (Lipinski definition) is 1. The lowest BCUT2D eigenvalue weighted by molar-refractivity contribution is -0.142. The number of halogens is 4. The number of amides is 1. The lowest BCUT2D eigenvalue weighted by Crippen LogP contribution is -2.50. The van der Waals surface area contributed by atoms with Gasteiger partial charge in [-0.3, -0.25) is 14.4 Å². The van der Waals surface area contributed by atoms with Crippen LogP contribution in [0.4, 0.5) is 23.2 Å². The smallest absolute Gasteiger partial charge is 0.294 e. The van der Waals surface area contributed by atoms with Crippen LogP contribution in [0.5, 0.6) is 0 Å². The molecule has 14 heteroatoms. The third kappa shape index (κ3) is 7.43. The molecule has 1 N–H and O–H groups in total. The number of aliphatic hydroxyl groups is 1. The Labute approximate surface area is 276 Å². The predicted octanol–water partition coefficient (Wildman–Crippen LogP) is 4.44. The highest BCUT2D eigenvalue weighted by Gasteiger charge is 2.26. The third-order valence-electron chi connectivity index (χ3n) is 8.12. The SMILES string of the molecule is O=C(/C=C(/O)c1cc(Cc2c(F)cc(F)cc2F)cn(Cc2ccc(F)cc2)c1=O)C(=O)N1CCN(c2ccc(-n3cncn3)cc2)CC1. The largest absolute Gasteiger partial charge is 0.507 e. The van der Waals surface area contributed by atoms with Crippen molar-refractivity contribution in [2.24, 2.45) is 0 Å². The molecular formula is C35H28F4N6O4. The molecule has 49 heavy (non-hydrogen) atoms. The normalized spacial score (nSPS) is 13.5. The van der Waals surface area contributed by atoms with E-state index >= 15 is 0 Å². The minimum Gasteiger partial charge on any atom is -0.507 e. The van der Waals surface area contributed by atoms with E-state index in [2.05, 4.69) is 15.0 Å². The van der Waals surface area contributed by atoms with Gasteiger partial charge >= 0.3 is 0 Å². The summed E-state index contributed by atoms with van der Waals surface area (Å²) in [6.07, 6.45) is 4.50. The molecule has 5 aromatic rings. The van der Waals surface area contributed by atoms with Gasteiger partial charge in [-0.25, -0.2) is 27.2 Å². The molecule has 1 aliphatic heterocycles. The lowest BCUT2D eigenvalue weighted by Gasteiger charge is -2.35. The molecule has 3 aromatic carbocycles. The molecule has 1 saturated heterocycles. The van der Waals surface area contributed by atoms with Gasteiger partial charge in [-0.2, -0.15) is 5.10 Å². The van der Waals surface area contributed by atoms with E-state index in [-0.39, 0.29) is 25.2 Å². The van der Waals surface area contributed by atoms with E-state index in [1.54, 1.807) is 11.0 Å². The monoisotopic (exact) mass is 672 g/mol. The number of rotatable bonds is 9. The molecule has 250 valence electrons. The van der Waals surface area contributed by atoms with E-state index in [1.165, 1.54) is 41.7 Å². The van der Waals surface area contributed by atoms with Crippen molar-refractivity contribution in [2.75, 3.05) is 31.1 Å². The van der Waals surface area contributed by atoms with Crippen LogP contribution in [0.2, 0.25) is 0 Å². The van der Waals surface area contributed by atoms with E-state index in [9.17, 15) is 37.1 Å². The van der Waals surface area contributed by atoms with E-state index in [0.29, 0.717) is 36.9 Å². The summed E-state index contributed by atoms with van der Waals surface area (Å²) in [6, 6.07) is 15.0. The number of carbonyl (C=O) groups excluding carboxylic acids is 2. The van der Waals surface area contributed by atoms with E-state index < -0.39 is 63.8 Å². The van der Waals surface area contributed by atoms with Crippen LogP contribution in [0.15, 0.2) is 96.5 Å². The summed E-state index contributed by atoms with van der Waals surface area (Å²) in [5, 5.41) is 15.1. The number of aromatic nitrogens is 4. The number of carbonyl (C=O) groups is 2. The van der Waals surface area contributed by atoms with Gasteiger partial charge in [-0.05, 0) is 53.6 Å². The maximum absolute atomic E-state index is 14.5. The highest BCUT2D eigenvalue weighted by Crippen LogP contribution is 2.22. The zero-order valence-corrected chi connectivity index (χ0v) is 25.8. The second-order valence-electron chi connectivity index (χ2n) is 11.4. The van der Waals surface area contributed by atoms with Crippen molar-refractivity contribution in [1.29, 1.82) is 0 Å². The molecule has 1 aliphatic rings. The molecule has 1 amide bonds. The molecule has 0 unspecified atom stereocenters. The number of hydrogen-bond acceptors (Lipinski definition) is 7. The Morgan fingerprint density at radius 1 is 0.816 bits per heavy atom. The molecule has 0 atom stereocenters. The molecule has 1 fully saturated rings. The highest BCUT2D eigenvalue weighted by molar-refractivity contribution is 6.41. The van der Waals surface area contributed by atoms with Crippen LogP contribution in [0, 0.1) is 23.3 Å². The van der Waals surface area contributed by atoms with Gasteiger partial charge < -0.3 is 19.5 Å². The van der Waals surface area contributed by atoms with E-state index in [1.807, 2.05) is 24.3 Å². The number of aliphatic hydroxyl groups excluding tert-OH is 1. The second kappa shape index (κ2) is 14.0. The van der Waals surface area contributed by atoms with Gasteiger partial charge in [0.25, 0.3) is 11.5 Å². The Morgan fingerprint density at radius 2 is 1.47 bits per heavy atom. The Balaban J connectivity index is 1.20. The standard InChI is InChI=1S/C35H28F4N6O4/c36-24-3-1-22(2-4-24)18-44-19-23(13-28-30(38)15-25(37)16-31(28)39)14-29(34(44)48)32(46)17-33(47)35(49)43-11-9-42(10-12-43)26-5-7-27(8-6-26)45-21-40-20-41-45/h1-8,14-17,19-21,46H,9-13,18H2/b32-17+. The molecular weight excluding hydrogens is 644 g/mol. The van der Waals surface area contributed by atoms with Gasteiger partial charge in [0.15, 0.2) is 0 Å². The van der Waals surface area contributed by atoms with Gasteiger partial charge in [-0.1, -0.05) is 12.1 Å². The molecule has 0 aliphatic carbocycles. The van der Waals surface area contributed by atoms with Crippen molar-refractivity contribution in [3.63, 3.8) is 0 Å². The van der Waals surface area contributed by atoms with Gasteiger partial charge in [0.1, 0.15) is 41.7 Å². The van der Waals surface area contributed by atoms with Crippen LogP contribution in [-0.2, 0) is 22.6 Å². The van der Waals surface area contributed by atoms with E-state index in [4.69, 9.17) is 0 Å². The Bertz CT molecular complexity index is 2070. The van der Waals surface area contributed by atoms with Gasteiger partial charge in [0, 0.05) is 68.3 Å². The molecule has 2 aromatic heterocycles. The molecule has 0 saturated carbocycles. The highest BCUT2D eigenvalue weighted by atomic mass is 19.1. The van der Waals surface area contributed by atoms with Crippen LogP contribution in [0.1, 0.15) is 22.3 Å². The molecule has 0 spiro atoms. The molecule has 3 heterocycles. The summed E-state index contributed by atoms with van der Waals surface area (Å²) < 4.78 is 58.8. The minimum absolute atomic E-state index is 0.123. The number of anilines is 1. The van der Waals surface area contributed by atoms with Crippen molar-refractivity contribution in [1.82, 2.24) is 24.2 Å². The van der Waals surface area contributed by atoms with Crippen molar-refractivity contribution in [3.8, 4) is 5.69 Å². The van der Waals surface area contributed by atoms with Crippen LogP contribution in [0.25, 0.3) is 11.4 Å². The first kappa shape index (κ1) is 32.9. The van der Waals surface area contributed by atoms with Crippen LogP contribution in [0.3, 0.4) is 0 Å². The predicted molar refractivity (Wildman–Crippen MR) is 171 cm³/mol. The molecule has 0 radical (unpaired) electrons. The zero-order valence-electron chi connectivity index (χ0n) is 25.8. The maximum Gasteiger partial charge on any atom is 0.294 e. The van der Waals surface area contributed by atoms with Crippen molar-refractivity contribution in [2.45, 2.75) is 13.0 Å². The summed E-state index contributed by atoms with van der Waals surface area (Å²) in [5.41, 5.74) is 0.677. The summed E-state index contributed by atoms with van der Waals surface area (Å²) in [4.78, 5) is 46.9. The first-order valence-electron chi connectivity index (χ1n) is 15.1. The number of piperazine rings is 1. The topological polar surface area (TPSA) is 114 Å². The van der Waals surface area contributed by atoms with Crippen LogP contribution in [-0.4, -0.2) is 67.2 Å². The van der Waals surface area contributed by atoms with Gasteiger partial charge in [0.05, 0.1) is 17.8 Å². The average molecular weight is 673 g/mol. The summed E-state index contributed by atoms with van der Waals surface area (Å²) in [6.45, 7) is 1.19. The second-order valence-corrected chi connectivity index (χ2v) is 11.4. The van der Waals surface area contributed by atoms with Gasteiger partial charge in [0.2, 0.25) is 5.78 Å². The minimum atomic E-state index is -1.15.